The average Bonchev–Trinajstić information content (AvgIpc) is 2.77. The van der Waals surface area contributed by atoms with E-state index in [-0.39, 0.29) is 29.5 Å². The van der Waals surface area contributed by atoms with Crippen molar-refractivity contribution in [1.82, 2.24) is 5.32 Å². The molecule has 32 heavy (non-hydrogen) atoms. The number of benzene rings is 3. The standard InChI is InChI=1S/C24H16Cl4N2O2/c25-19-7-6-16(21(27)10-19)14-32-23-17(9-20(26)11-22(23)28)8-18(12-29)24(31)30-13-15-4-2-1-3-5-15/h1-11H,13-14H2,(H,30,31)/b18-8+. The number of ether oxygens (including phenoxy) is 1. The second-order valence-corrected chi connectivity index (χ2v) is 8.36. The van der Waals surface area contributed by atoms with Crippen molar-refractivity contribution in [3.63, 3.8) is 0 Å². The van der Waals surface area contributed by atoms with Crippen LogP contribution in [-0.2, 0) is 17.9 Å². The molecule has 0 saturated heterocycles. The molecule has 0 unspecified atom stereocenters. The van der Waals surface area contributed by atoms with Crippen LogP contribution in [-0.4, -0.2) is 5.91 Å². The van der Waals surface area contributed by atoms with E-state index in [0.717, 1.165) is 5.56 Å². The Bertz CT molecular complexity index is 1200. The first-order chi connectivity index (χ1) is 15.4. The predicted molar refractivity (Wildman–Crippen MR) is 129 cm³/mol. The summed E-state index contributed by atoms with van der Waals surface area (Å²) in [6.07, 6.45) is 1.39. The SMILES string of the molecule is N#C/C(=C\c1cc(Cl)cc(Cl)c1OCc1ccc(Cl)cc1Cl)C(=O)NCc1ccccc1. The molecule has 0 aliphatic heterocycles. The van der Waals surface area contributed by atoms with E-state index in [2.05, 4.69) is 5.32 Å². The fourth-order valence-corrected chi connectivity index (χ4v) is 3.83. The maximum absolute atomic E-state index is 12.6. The molecule has 8 heteroatoms. The smallest absolute Gasteiger partial charge is 0.262 e. The zero-order valence-corrected chi connectivity index (χ0v) is 19.6. The first kappa shape index (κ1) is 24.0. The van der Waals surface area contributed by atoms with Crippen molar-refractivity contribution < 1.29 is 9.53 Å². The molecule has 1 N–H and O–H groups in total. The lowest BCUT2D eigenvalue weighted by Crippen LogP contribution is -2.23. The highest BCUT2D eigenvalue weighted by Crippen LogP contribution is 2.35. The summed E-state index contributed by atoms with van der Waals surface area (Å²) in [5.41, 5.74) is 1.87. The molecule has 162 valence electrons. The van der Waals surface area contributed by atoms with Crippen LogP contribution in [0.2, 0.25) is 20.1 Å². The Balaban J connectivity index is 1.84. The number of nitrogens with one attached hydrogen (secondary N) is 1. The molecule has 0 heterocycles. The molecule has 3 aromatic rings. The number of carbonyl (C=O) groups excluding carboxylic acids is 1. The lowest BCUT2D eigenvalue weighted by molar-refractivity contribution is -0.117. The van der Waals surface area contributed by atoms with Crippen LogP contribution in [0.5, 0.6) is 5.75 Å². The van der Waals surface area contributed by atoms with E-state index in [9.17, 15) is 10.1 Å². The minimum atomic E-state index is -0.529. The highest BCUT2D eigenvalue weighted by atomic mass is 35.5. The van der Waals surface area contributed by atoms with E-state index >= 15 is 0 Å². The van der Waals surface area contributed by atoms with Crippen molar-refractivity contribution in [2.75, 3.05) is 0 Å². The lowest BCUT2D eigenvalue weighted by Gasteiger charge is -2.13. The third-order valence-corrected chi connectivity index (χ3v) is 5.47. The van der Waals surface area contributed by atoms with Gasteiger partial charge in [0.1, 0.15) is 24.0 Å². The minimum absolute atomic E-state index is 0.0975. The largest absolute Gasteiger partial charge is 0.487 e. The Hall–Kier alpha value is -2.68. The zero-order chi connectivity index (χ0) is 23.1. The monoisotopic (exact) mass is 504 g/mol. The van der Waals surface area contributed by atoms with Gasteiger partial charge in [-0.3, -0.25) is 4.79 Å². The maximum atomic E-state index is 12.6. The second kappa shape index (κ2) is 11.3. The van der Waals surface area contributed by atoms with E-state index in [0.29, 0.717) is 26.2 Å². The second-order valence-electron chi connectivity index (χ2n) is 6.67. The van der Waals surface area contributed by atoms with Crippen LogP contribution < -0.4 is 10.1 Å². The predicted octanol–water partition coefficient (Wildman–Crippen LogP) is 7.10. The fourth-order valence-electron chi connectivity index (χ4n) is 2.81. The van der Waals surface area contributed by atoms with Crippen LogP contribution in [0, 0.1) is 11.3 Å². The quantitative estimate of drug-likeness (QED) is 0.275. The molecule has 0 saturated carbocycles. The van der Waals surface area contributed by atoms with Gasteiger partial charge in [-0.05, 0) is 35.9 Å². The topological polar surface area (TPSA) is 62.1 Å². The molecule has 1 amide bonds. The van der Waals surface area contributed by atoms with Gasteiger partial charge in [0, 0.05) is 32.7 Å². The van der Waals surface area contributed by atoms with Crippen LogP contribution in [0.3, 0.4) is 0 Å². The van der Waals surface area contributed by atoms with E-state index in [1.54, 1.807) is 24.3 Å². The Labute approximate surface area is 205 Å². The van der Waals surface area contributed by atoms with E-state index < -0.39 is 5.91 Å². The van der Waals surface area contributed by atoms with Crippen LogP contribution in [0.15, 0.2) is 66.2 Å². The Morgan fingerprint density at radius 2 is 1.69 bits per heavy atom. The third kappa shape index (κ3) is 6.41. The maximum Gasteiger partial charge on any atom is 0.262 e. The number of halogens is 4. The summed E-state index contributed by atoms with van der Waals surface area (Å²) in [5.74, 6) is -0.259. The van der Waals surface area contributed by atoms with Crippen molar-refractivity contribution in [3.8, 4) is 11.8 Å². The highest BCUT2D eigenvalue weighted by molar-refractivity contribution is 6.36. The molecule has 0 bridgehead atoms. The highest BCUT2D eigenvalue weighted by Gasteiger charge is 2.15. The van der Waals surface area contributed by atoms with Gasteiger partial charge < -0.3 is 10.1 Å². The summed E-state index contributed by atoms with van der Waals surface area (Å²) >= 11 is 24.6. The van der Waals surface area contributed by atoms with Crippen molar-refractivity contribution in [3.05, 3.63) is 103 Å². The van der Waals surface area contributed by atoms with Crippen LogP contribution in [0.25, 0.3) is 6.08 Å². The lowest BCUT2D eigenvalue weighted by atomic mass is 10.1. The minimum Gasteiger partial charge on any atom is -0.487 e. The summed E-state index contributed by atoms with van der Waals surface area (Å²) < 4.78 is 5.88. The van der Waals surface area contributed by atoms with Gasteiger partial charge in [-0.1, -0.05) is 82.8 Å². The number of hydrogen-bond donors (Lipinski definition) is 1. The molecule has 4 nitrogen and oxygen atoms in total. The van der Waals surface area contributed by atoms with Crippen molar-refractivity contribution in [2.45, 2.75) is 13.2 Å². The van der Waals surface area contributed by atoms with Crippen LogP contribution in [0.1, 0.15) is 16.7 Å². The molecule has 3 rings (SSSR count). The summed E-state index contributed by atoms with van der Waals surface area (Å²) in [6.45, 7) is 0.383. The number of rotatable bonds is 7. The van der Waals surface area contributed by atoms with Gasteiger partial charge in [-0.2, -0.15) is 5.26 Å². The number of amides is 1. The molecule has 0 radical (unpaired) electrons. The van der Waals surface area contributed by atoms with E-state index in [4.69, 9.17) is 51.1 Å². The Kier molecular flexibility index (Phi) is 8.44. The summed E-state index contributed by atoms with van der Waals surface area (Å²) in [7, 11) is 0. The van der Waals surface area contributed by atoms with Gasteiger partial charge in [0.25, 0.3) is 5.91 Å². The van der Waals surface area contributed by atoms with Gasteiger partial charge >= 0.3 is 0 Å². The molecular formula is C24H16Cl4N2O2. The molecule has 0 atom stereocenters. The fraction of sp³-hybridized carbons (Fsp3) is 0.0833. The number of nitriles is 1. The summed E-state index contributed by atoms with van der Waals surface area (Å²) in [5, 5.41) is 13.8. The summed E-state index contributed by atoms with van der Waals surface area (Å²) in [6, 6.07) is 19.4. The van der Waals surface area contributed by atoms with Crippen LogP contribution in [0.4, 0.5) is 0 Å². The number of nitrogens with zero attached hydrogens (tertiary/aromatic N) is 1. The van der Waals surface area contributed by atoms with Crippen molar-refractivity contribution in [1.29, 1.82) is 5.26 Å². The van der Waals surface area contributed by atoms with Gasteiger partial charge in [0.2, 0.25) is 0 Å². The normalized spacial score (nSPS) is 11.0. The van der Waals surface area contributed by atoms with Crippen molar-refractivity contribution in [2.24, 2.45) is 0 Å². The molecule has 0 aliphatic rings. The first-order valence-electron chi connectivity index (χ1n) is 9.37. The average molecular weight is 506 g/mol. The molecule has 3 aromatic carbocycles. The first-order valence-corrected chi connectivity index (χ1v) is 10.9. The van der Waals surface area contributed by atoms with Gasteiger partial charge in [0.15, 0.2) is 0 Å². The Morgan fingerprint density at radius 1 is 0.969 bits per heavy atom. The molecule has 0 aliphatic carbocycles. The molecule has 0 spiro atoms. The van der Waals surface area contributed by atoms with E-state index in [1.165, 1.54) is 12.1 Å². The molecule has 0 aromatic heterocycles. The number of hydrogen-bond acceptors (Lipinski definition) is 3. The third-order valence-electron chi connectivity index (χ3n) is 4.39. The molecular weight excluding hydrogens is 490 g/mol. The summed E-state index contributed by atoms with van der Waals surface area (Å²) in [4.78, 5) is 12.6. The van der Waals surface area contributed by atoms with Gasteiger partial charge in [-0.15, -0.1) is 0 Å². The zero-order valence-electron chi connectivity index (χ0n) is 16.5. The Morgan fingerprint density at radius 3 is 2.38 bits per heavy atom. The van der Waals surface area contributed by atoms with Gasteiger partial charge in [-0.25, -0.2) is 0 Å². The number of carbonyl (C=O) groups is 1. The van der Waals surface area contributed by atoms with Gasteiger partial charge in [0.05, 0.1) is 5.02 Å². The van der Waals surface area contributed by atoms with E-state index in [1.807, 2.05) is 36.4 Å². The van der Waals surface area contributed by atoms with Crippen molar-refractivity contribution >= 4 is 58.4 Å². The van der Waals surface area contributed by atoms with Crippen LogP contribution >= 0.6 is 46.4 Å². The molecule has 0 fully saturated rings.